The number of primary amides is 1. The molecule has 6 heteroatoms. The second kappa shape index (κ2) is 9.37. The van der Waals surface area contributed by atoms with Gasteiger partial charge in [0.25, 0.3) is 0 Å². The average molecular weight is 367 g/mol. The van der Waals surface area contributed by atoms with Crippen LogP contribution in [0.25, 0.3) is 10.8 Å². The summed E-state index contributed by atoms with van der Waals surface area (Å²) < 4.78 is 0. The Balaban J connectivity index is 1.46. The molecule has 144 valence electrons. The summed E-state index contributed by atoms with van der Waals surface area (Å²) in [5, 5.41) is 9.51. The second-order valence-electron chi connectivity index (χ2n) is 7.05. The molecule has 0 aromatic heterocycles. The second-order valence-corrected chi connectivity index (χ2v) is 7.05. The van der Waals surface area contributed by atoms with Crippen molar-refractivity contribution in [3.8, 4) is 0 Å². The Morgan fingerprint density at radius 3 is 2.67 bits per heavy atom. The van der Waals surface area contributed by atoms with Crippen molar-refractivity contribution in [1.82, 2.24) is 15.5 Å². The smallest absolute Gasteiger partial charge is 0.231 e. The third-order valence-electron chi connectivity index (χ3n) is 5.10. The Kier molecular flexibility index (Phi) is 6.65. The van der Waals surface area contributed by atoms with Crippen molar-refractivity contribution in [2.45, 2.75) is 25.3 Å². The van der Waals surface area contributed by atoms with Crippen LogP contribution in [0.1, 0.15) is 18.4 Å². The molecule has 2 aromatic carbocycles. The summed E-state index contributed by atoms with van der Waals surface area (Å²) >= 11 is 0. The number of aliphatic imine (C=N–C) groups is 1. The zero-order valence-electron chi connectivity index (χ0n) is 15.9. The number of rotatable bonds is 6. The Labute approximate surface area is 160 Å². The normalized spacial score (nSPS) is 16.4. The molecular formula is C21H29N5O. The molecule has 0 aliphatic carbocycles. The predicted octanol–water partition coefficient (Wildman–Crippen LogP) is 1.50. The van der Waals surface area contributed by atoms with Gasteiger partial charge in [0.15, 0.2) is 5.96 Å². The van der Waals surface area contributed by atoms with Crippen LogP contribution in [0.2, 0.25) is 0 Å². The molecule has 6 nitrogen and oxygen atoms in total. The van der Waals surface area contributed by atoms with Crippen LogP contribution in [0.5, 0.6) is 0 Å². The maximum absolute atomic E-state index is 11.0. The van der Waals surface area contributed by atoms with Crippen molar-refractivity contribution in [3.05, 3.63) is 48.0 Å². The van der Waals surface area contributed by atoms with E-state index in [1.807, 2.05) is 0 Å². The maximum Gasteiger partial charge on any atom is 0.231 e. The first-order chi connectivity index (χ1) is 13.2. The Bertz CT molecular complexity index is 791. The summed E-state index contributed by atoms with van der Waals surface area (Å²) in [4.78, 5) is 17.5. The highest BCUT2D eigenvalue weighted by Crippen LogP contribution is 2.18. The van der Waals surface area contributed by atoms with Gasteiger partial charge in [-0.2, -0.15) is 0 Å². The molecule has 0 saturated carbocycles. The third kappa shape index (κ3) is 5.44. The molecule has 1 fully saturated rings. The highest BCUT2D eigenvalue weighted by molar-refractivity contribution is 5.85. The number of benzene rings is 2. The molecule has 1 heterocycles. The van der Waals surface area contributed by atoms with Crippen molar-refractivity contribution in [1.29, 1.82) is 0 Å². The predicted molar refractivity (Wildman–Crippen MR) is 111 cm³/mol. The highest BCUT2D eigenvalue weighted by atomic mass is 16.1. The fraction of sp³-hybridized carbons (Fsp3) is 0.429. The SMILES string of the molecule is CN=C(NCCc1cccc2ccccc12)NC1CCN(CC(N)=O)CC1. The Hall–Kier alpha value is -2.60. The van der Waals surface area contributed by atoms with Crippen LogP contribution in [-0.4, -0.2) is 56.0 Å². The molecule has 27 heavy (non-hydrogen) atoms. The van der Waals surface area contributed by atoms with E-state index in [2.05, 4.69) is 63.0 Å². The van der Waals surface area contributed by atoms with E-state index in [1.54, 1.807) is 7.05 Å². The van der Waals surface area contributed by atoms with E-state index in [1.165, 1.54) is 16.3 Å². The van der Waals surface area contributed by atoms with Crippen molar-refractivity contribution in [2.24, 2.45) is 10.7 Å². The lowest BCUT2D eigenvalue weighted by molar-refractivity contribution is -0.119. The molecule has 0 unspecified atom stereocenters. The molecule has 0 radical (unpaired) electrons. The van der Waals surface area contributed by atoms with E-state index < -0.39 is 0 Å². The minimum atomic E-state index is -0.257. The van der Waals surface area contributed by atoms with Gasteiger partial charge in [0.1, 0.15) is 0 Å². The first kappa shape index (κ1) is 19.2. The molecule has 2 aromatic rings. The highest BCUT2D eigenvalue weighted by Gasteiger charge is 2.20. The van der Waals surface area contributed by atoms with E-state index in [0.29, 0.717) is 12.6 Å². The molecule has 1 aliphatic heterocycles. The molecule has 1 amide bonds. The molecule has 3 rings (SSSR count). The van der Waals surface area contributed by atoms with Crippen molar-refractivity contribution in [3.63, 3.8) is 0 Å². The van der Waals surface area contributed by atoms with Gasteiger partial charge in [-0.15, -0.1) is 0 Å². The number of guanidine groups is 1. The molecule has 4 N–H and O–H groups in total. The number of piperidine rings is 1. The number of likely N-dealkylation sites (tertiary alicyclic amines) is 1. The van der Waals surface area contributed by atoms with Gasteiger partial charge in [0.2, 0.25) is 5.91 Å². The van der Waals surface area contributed by atoms with Gasteiger partial charge in [-0.25, -0.2) is 0 Å². The fourth-order valence-corrected chi connectivity index (χ4v) is 3.67. The molecule has 0 atom stereocenters. The van der Waals surface area contributed by atoms with E-state index in [0.717, 1.165) is 44.9 Å². The van der Waals surface area contributed by atoms with Gasteiger partial charge in [0.05, 0.1) is 6.54 Å². The van der Waals surface area contributed by atoms with Gasteiger partial charge in [-0.3, -0.25) is 14.7 Å². The number of nitrogens with zero attached hydrogens (tertiary/aromatic N) is 2. The summed E-state index contributed by atoms with van der Waals surface area (Å²) in [5.74, 6) is 0.580. The van der Waals surface area contributed by atoms with Gasteiger partial charge >= 0.3 is 0 Å². The average Bonchev–Trinajstić information content (AvgIpc) is 2.68. The largest absolute Gasteiger partial charge is 0.369 e. The van der Waals surface area contributed by atoms with Gasteiger partial charge in [0, 0.05) is 32.7 Å². The Morgan fingerprint density at radius 1 is 1.19 bits per heavy atom. The Morgan fingerprint density at radius 2 is 1.93 bits per heavy atom. The van der Waals surface area contributed by atoms with Crippen LogP contribution in [0, 0.1) is 0 Å². The van der Waals surface area contributed by atoms with Crippen LogP contribution in [-0.2, 0) is 11.2 Å². The van der Waals surface area contributed by atoms with Gasteiger partial charge < -0.3 is 16.4 Å². The minimum Gasteiger partial charge on any atom is -0.369 e. The van der Waals surface area contributed by atoms with Crippen LogP contribution < -0.4 is 16.4 Å². The molecule has 0 bridgehead atoms. The lowest BCUT2D eigenvalue weighted by atomic mass is 10.0. The molecule has 1 aliphatic rings. The number of nitrogens with one attached hydrogen (secondary N) is 2. The van der Waals surface area contributed by atoms with Gasteiger partial charge in [-0.05, 0) is 35.6 Å². The lowest BCUT2D eigenvalue weighted by Gasteiger charge is -2.32. The summed E-state index contributed by atoms with van der Waals surface area (Å²) in [6.45, 7) is 2.94. The van der Waals surface area contributed by atoms with E-state index in [9.17, 15) is 4.79 Å². The number of hydrogen-bond acceptors (Lipinski definition) is 3. The van der Waals surface area contributed by atoms with E-state index in [4.69, 9.17) is 5.73 Å². The third-order valence-corrected chi connectivity index (χ3v) is 5.10. The van der Waals surface area contributed by atoms with E-state index in [-0.39, 0.29) is 5.91 Å². The van der Waals surface area contributed by atoms with Crippen LogP contribution in [0.15, 0.2) is 47.5 Å². The number of amides is 1. The summed E-state index contributed by atoms with van der Waals surface area (Å²) in [5.41, 5.74) is 6.62. The zero-order chi connectivity index (χ0) is 19.1. The number of fused-ring (bicyclic) bond motifs is 1. The number of nitrogens with two attached hydrogens (primary N) is 1. The quantitative estimate of drug-likeness (QED) is 0.534. The molecule has 1 saturated heterocycles. The topological polar surface area (TPSA) is 82.8 Å². The van der Waals surface area contributed by atoms with Crippen LogP contribution in [0.4, 0.5) is 0 Å². The first-order valence-corrected chi connectivity index (χ1v) is 9.60. The fourth-order valence-electron chi connectivity index (χ4n) is 3.67. The maximum atomic E-state index is 11.0. The number of hydrogen-bond donors (Lipinski definition) is 3. The van der Waals surface area contributed by atoms with Crippen LogP contribution in [0.3, 0.4) is 0 Å². The number of carbonyl (C=O) groups is 1. The molecular weight excluding hydrogens is 338 g/mol. The first-order valence-electron chi connectivity index (χ1n) is 9.60. The molecule has 0 spiro atoms. The van der Waals surface area contributed by atoms with Crippen molar-refractivity contribution in [2.75, 3.05) is 33.2 Å². The zero-order valence-corrected chi connectivity index (χ0v) is 15.9. The van der Waals surface area contributed by atoms with Crippen molar-refractivity contribution < 1.29 is 4.79 Å². The summed E-state index contributed by atoms with van der Waals surface area (Å²) in [7, 11) is 1.80. The minimum absolute atomic E-state index is 0.257. The summed E-state index contributed by atoms with van der Waals surface area (Å²) in [6.07, 6.45) is 2.91. The standard InChI is InChI=1S/C21H29N5O/c1-23-21(25-18-10-13-26(14-11-18)15-20(22)27)24-12-9-17-7-4-6-16-5-2-3-8-19(16)17/h2-8,18H,9-15H2,1H3,(H2,22,27)(H2,23,24,25). The summed E-state index contributed by atoms with van der Waals surface area (Å²) in [6, 6.07) is 15.3. The van der Waals surface area contributed by atoms with Gasteiger partial charge in [-0.1, -0.05) is 42.5 Å². The van der Waals surface area contributed by atoms with Crippen LogP contribution >= 0.6 is 0 Å². The lowest BCUT2D eigenvalue weighted by Crippen LogP contribution is -2.50. The van der Waals surface area contributed by atoms with Crippen molar-refractivity contribution >= 4 is 22.6 Å². The monoisotopic (exact) mass is 367 g/mol. The van der Waals surface area contributed by atoms with E-state index >= 15 is 0 Å². The number of carbonyl (C=O) groups excluding carboxylic acids is 1.